The molecular weight excluding hydrogens is 437 g/mol. The van der Waals surface area contributed by atoms with Crippen molar-refractivity contribution in [3.05, 3.63) is 57.6 Å². The maximum atomic E-state index is 10.9. The van der Waals surface area contributed by atoms with Crippen LogP contribution in [-0.4, -0.2) is 42.2 Å². The average Bonchev–Trinajstić information content (AvgIpc) is 3.00. The average molecular weight is 459 g/mol. The van der Waals surface area contributed by atoms with Crippen molar-refractivity contribution in [1.82, 2.24) is 4.90 Å². The number of halogens is 3. The number of benzene rings is 2. The normalized spacial score (nSPS) is 20.9. The number of para-hydroxylation sites is 1. The summed E-state index contributed by atoms with van der Waals surface area (Å²) < 4.78 is 12.2. The van der Waals surface area contributed by atoms with Gasteiger partial charge in [0.15, 0.2) is 5.75 Å². The Labute approximate surface area is 185 Å². The monoisotopic (exact) mass is 457 g/mol. The van der Waals surface area contributed by atoms with Crippen molar-refractivity contribution in [2.75, 3.05) is 26.2 Å². The summed E-state index contributed by atoms with van der Waals surface area (Å²) in [4.78, 5) is 13.1. The molecule has 1 fully saturated rings. The number of rotatable bonds is 5. The molecule has 8 heteroatoms. The van der Waals surface area contributed by atoms with Crippen LogP contribution in [0.4, 0.5) is 0 Å². The van der Waals surface area contributed by atoms with Gasteiger partial charge in [0.1, 0.15) is 11.4 Å². The minimum atomic E-state index is -0.771. The molecule has 5 nitrogen and oxygen atoms in total. The van der Waals surface area contributed by atoms with Crippen molar-refractivity contribution in [3.63, 3.8) is 0 Å². The molecule has 0 aromatic heterocycles. The first kappa shape index (κ1) is 22.2. The molecule has 156 valence electrons. The van der Waals surface area contributed by atoms with Crippen LogP contribution in [0.15, 0.2) is 36.4 Å². The second-order valence-electron chi connectivity index (χ2n) is 7.23. The predicted octanol–water partition coefficient (Wildman–Crippen LogP) is 5.16. The number of morpholine rings is 1. The zero-order valence-electron chi connectivity index (χ0n) is 15.7. The van der Waals surface area contributed by atoms with Crippen molar-refractivity contribution in [1.29, 1.82) is 0 Å². The molecule has 1 spiro atoms. The predicted molar refractivity (Wildman–Crippen MR) is 115 cm³/mol. The van der Waals surface area contributed by atoms with Crippen molar-refractivity contribution < 1.29 is 19.4 Å². The molecule has 0 bridgehead atoms. The second kappa shape index (κ2) is 9.11. The van der Waals surface area contributed by atoms with Crippen LogP contribution in [0, 0.1) is 0 Å². The van der Waals surface area contributed by atoms with Crippen LogP contribution >= 0.6 is 35.6 Å². The molecule has 0 amide bonds. The summed E-state index contributed by atoms with van der Waals surface area (Å²) >= 11 is 12.4. The first-order valence-corrected chi connectivity index (χ1v) is 10.1. The lowest BCUT2D eigenvalue weighted by Gasteiger charge is -2.41. The fraction of sp³-hybridized carbons (Fsp3) is 0.381. The number of nitrogens with zero attached hydrogens (tertiary/aromatic N) is 1. The summed E-state index contributed by atoms with van der Waals surface area (Å²) in [7, 11) is 0. The minimum absolute atomic E-state index is 0. The Morgan fingerprint density at radius 1 is 1.24 bits per heavy atom. The van der Waals surface area contributed by atoms with Gasteiger partial charge < -0.3 is 14.6 Å². The van der Waals surface area contributed by atoms with E-state index in [9.17, 15) is 4.79 Å². The smallest absolute Gasteiger partial charge is 0.304 e. The van der Waals surface area contributed by atoms with Crippen LogP contribution in [0.25, 0.3) is 0 Å². The minimum Gasteiger partial charge on any atom is -0.481 e. The van der Waals surface area contributed by atoms with Crippen molar-refractivity contribution in [2.45, 2.75) is 24.9 Å². The van der Waals surface area contributed by atoms with Gasteiger partial charge in [0.2, 0.25) is 0 Å². The number of hydrogen-bond acceptors (Lipinski definition) is 4. The number of hydrogen-bond donors (Lipinski definition) is 1. The summed E-state index contributed by atoms with van der Waals surface area (Å²) in [5, 5.41) is 9.89. The van der Waals surface area contributed by atoms with Gasteiger partial charge in [-0.15, -0.1) is 12.4 Å². The number of carbonyl (C=O) groups is 1. The van der Waals surface area contributed by atoms with Crippen LogP contribution in [0.2, 0.25) is 10.0 Å². The molecule has 1 aliphatic carbocycles. The summed E-state index contributed by atoms with van der Waals surface area (Å²) in [6.45, 7) is 2.62. The molecule has 1 unspecified atom stereocenters. The van der Waals surface area contributed by atoms with Crippen LogP contribution in [0.3, 0.4) is 0 Å². The lowest BCUT2D eigenvalue weighted by Crippen LogP contribution is -2.49. The number of aliphatic carboxylic acids is 1. The molecule has 29 heavy (non-hydrogen) atoms. The van der Waals surface area contributed by atoms with Crippen LogP contribution in [0.1, 0.15) is 24.0 Å². The van der Waals surface area contributed by atoms with Gasteiger partial charge in [0.25, 0.3) is 0 Å². The van der Waals surface area contributed by atoms with E-state index in [2.05, 4.69) is 4.90 Å². The van der Waals surface area contributed by atoms with Gasteiger partial charge >= 0.3 is 5.97 Å². The van der Waals surface area contributed by atoms with Crippen LogP contribution in [0.5, 0.6) is 11.5 Å². The van der Waals surface area contributed by atoms with E-state index in [0.29, 0.717) is 41.2 Å². The highest BCUT2D eigenvalue weighted by atomic mass is 35.5. The summed E-state index contributed by atoms with van der Waals surface area (Å²) in [6, 6.07) is 11.2. The van der Waals surface area contributed by atoms with Gasteiger partial charge in [-0.25, -0.2) is 0 Å². The van der Waals surface area contributed by atoms with E-state index in [1.165, 1.54) is 5.56 Å². The van der Waals surface area contributed by atoms with Crippen LogP contribution < -0.4 is 4.74 Å². The number of fused-ring (bicyclic) bond motifs is 2. The van der Waals surface area contributed by atoms with E-state index in [4.69, 9.17) is 37.8 Å². The topological polar surface area (TPSA) is 59.0 Å². The van der Waals surface area contributed by atoms with Crippen molar-refractivity contribution in [2.24, 2.45) is 0 Å². The third-order valence-corrected chi connectivity index (χ3v) is 6.01. The molecule has 1 aliphatic heterocycles. The van der Waals surface area contributed by atoms with Gasteiger partial charge in [-0.3, -0.25) is 9.69 Å². The van der Waals surface area contributed by atoms with E-state index in [0.717, 1.165) is 24.9 Å². The van der Waals surface area contributed by atoms with E-state index >= 15 is 0 Å². The second-order valence-corrected chi connectivity index (χ2v) is 8.05. The Balaban J connectivity index is 0.00000240. The molecule has 1 heterocycles. The number of aryl methyl sites for hydroxylation is 1. The highest BCUT2D eigenvalue weighted by Crippen LogP contribution is 2.44. The first-order chi connectivity index (χ1) is 13.5. The number of carboxylic acids is 1. The number of ether oxygens (including phenoxy) is 2. The van der Waals surface area contributed by atoms with E-state index in [1.807, 2.05) is 18.2 Å². The van der Waals surface area contributed by atoms with Gasteiger partial charge in [-0.05, 0) is 48.2 Å². The molecule has 1 atom stereocenters. The maximum absolute atomic E-state index is 10.9. The fourth-order valence-electron chi connectivity index (χ4n) is 4.07. The third-order valence-electron chi connectivity index (χ3n) is 5.41. The van der Waals surface area contributed by atoms with Gasteiger partial charge in [-0.2, -0.15) is 0 Å². The zero-order valence-corrected chi connectivity index (χ0v) is 18.0. The highest BCUT2D eigenvalue weighted by molar-refractivity contribution is 6.37. The Morgan fingerprint density at radius 2 is 2.00 bits per heavy atom. The Bertz CT molecular complexity index is 887. The van der Waals surface area contributed by atoms with Gasteiger partial charge in [0.05, 0.1) is 23.1 Å². The standard InChI is InChI=1S/C21H21Cl2NO4.ClH/c22-17-2-1-3-18(23)20(17)28-15-4-5-16-14(12-15)6-8-21(16)13-24(10-11-27-21)9-7-19(25)26;/h1-5,12H,6-11,13H2,(H,25,26);1H. The lowest BCUT2D eigenvalue weighted by molar-refractivity contribution is -0.140. The molecule has 2 aromatic rings. The largest absolute Gasteiger partial charge is 0.481 e. The van der Waals surface area contributed by atoms with Gasteiger partial charge in [-0.1, -0.05) is 35.3 Å². The molecule has 2 aliphatic rings. The Morgan fingerprint density at radius 3 is 2.72 bits per heavy atom. The quantitative estimate of drug-likeness (QED) is 0.671. The van der Waals surface area contributed by atoms with E-state index in [-0.39, 0.29) is 24.4 Å². The Hall–Kier alpha value is -1.50. The fourth-order valence-corrected chi connectivity index (χ4v) is 4.54. The third kappa shape index (κ3) is 4.65. The molecule has 1 N–H and O–H groups in total. The van der Waals surface area contributed by atoms with Gasteiger partial charge in [0, 0.05) is 19.6 Å². The van der Waals surface area contributed by atoms with Crippen LogP contribution in [-0.2, 0) is 21.6 Å². The zero-order chi connectivity index (χ0) is 19.7. The Kier molecular flexibility index (Phi) is 6.97. The highest BCUT2D eigenvalue weighted by Gasteiger charge is 2.43. The maximum Gasteiger partial charge on any atom is 0.304 e. The molecule has 1 saturated heterocycles. The van der Waals surface area contributed by atoms with E-state index < -0.39 is 5.97 Å². The SMILES string of the molecule is Cl.O=C(O)CCN1CCOC2(CCc3cc(Oc4c(Cl)cccc4Cl)ccc32)C1. The summed E-state index contributed by atoms with van der Waals surface area (Å²) in [6.07, 6.45) is 1.91. The summed E-state index contributed by atoms with van der Waals surface area (Å²) in [5.74, 6) is 0.365. The van der Waals surface area contributed by atoms with E-state index in [1.54, 1.807) is 18.2 Å². The molecular formula is C21H22Cl3NO4. The first-order valence-electron chi connectivity index (χ1n) is 9.30. The van der Waals surface area contributed by atoms with Crippen molar-refractivity contribution >= 4 is 41.6 Å². The molecule has 2 aromatic carbocycles. The molecule has 4 rings (SSSR count). The molecule has 0 saturated carbocycles. The number of carboxylic acid groups (broad SMARTS) is 1. The summed E-state index contributed by atoms with van der Waals surface area (Å²) in [5.41, 5.74) is 1.97. The molecule has 0 radical (unpaired) electrons. The van der Waals surface area contributed by atoms with Crippen molar-refractivity contribution in [3.8, 4) is 11.5 Å². The lowest BCUT2D eigenvalue weighted by atomic mass is 9.93.